The second-order valence-electron chi connectivity index (χ2n) is 11.3. The summed E-state index contributed by atoms with van der Waals surface area (Å²) in [7, 11) is 0. The van der Waals surface area contributed by atoms with Crippen molar-refractivity contribution in [3.8, 4) is 0 Å². The Labute approximate surface area is 202 Å². The van der Waals surface area contributed by atoms with Crippen LogP contribution in [0.15, 0.2) is 0 Å². The molecule has 3 rings (SSSR count). The zero-order valence-corrected chi connectivity index (χ0v) is 21.6. The molecule has 3 aliphatic rings. The Bertz CT molecular complexity index is 771. The molecule has 10 nitrogen and oxygen atoms in total. The van der Waals surface area contributed by atoms with Crippen LogP contribution in [-0.4, -0.2) is 82.3 Å². The van der Waals surface area contributed by atoms with E-state index < -0.39 is 47.4 Å². The summed E-state index contributed by atoms with van der Waals surface area (Å²) in [6.07, 6.45) is 0.763. The molecule has 3 aliphatic heterocycles. The number of fused-ring (bicyclic) bond motifs is 2. The highest BCUT2D eigenvalue weighted by Crippen LogP contribution is 2.32. The van der Waals surface area contributed by atoms with Crippen molar-refractivity contribution in [2.45, 2.75) is 104 Å². The van der Waals surface area contributed by atoms with Crippen LogP contribution in [0.4, 0.5) is 0 Å². The minimum atomic E-state index is -1.04. The summed E-state index contributed by atoms with van der Waals surface area (Å²) in [6.45, 7) is 14.8. The largest absolute Gasteiger partial charge is 0.353 e. The van der Waals surface area contributed by atoms with Crippen molar-refractivity contribution >= 4 is 23.6 Å². The van der Waals surface area contributed by atoms with E-state index in [0.29, 0.717) is 12.8 Å². The number of carbonyl (C=O) groups is 4. The van der Waals surface area contributed by atoms with E-state index in [-0.39, 0.29) is 36.9 Å². The van der Waals surface area contributed by atoms with Gasteiger partial charge in [0.05, 0.1) is 13.2 Å². The van der Waals surface area contributed by atoms with Crippen LogP contribution >= 0.6 is 0 Å². The van der Waals surface area contributed by atoms with E-state index in [0.717, 1.165) is 0 Å². The fourth-order valence-electron chi connectivity index (χ4n) is 5.09. The van der Waals surface area contributed by atoms with Crippen molar-refractivity contribution in [3.05, 3.63) is 0 Å². The molecule has 34 heavy (non-hydrogen) atoms. The molecule has 3 heterocycles. The number of rotatable bonds is 4. The summed E-state index contributed by atoms with van der Waals surface area (Å²) in [4.78, 5) is 57.3. The maximum absolute atomic E-state index is 13.8. The Balaban J connectivity index is 2.09. The predicted octanol–water partition coefficient (Wildman–Crippen LogP) is 0.989. The van der Waals surface area contributed by atoms with E-state index in [4.69, 9.17) is 9.47 Å². The zero-order valence-electron chi connectivity index (χ0n) is 21.6. The lowest BCUT2D eigenvalue weighted by atomic mass is 9.98. The highest BCUT2D eigenvalue weighted by molar-refractivity contribution is 5.98. The van der Waals surface area contributed by atoms with E-state index in [1.807, 2.05) is 27.7 Å². The predicted molar refractivity (Wildman–Crippen MR) is 124 cm³/mol. The molecular formula is C24H40N4O6. The minimum Gasteiger partial charge on any atom is -0.353 e. The van der Waals surface area contributed by atoms with Gasteiger partial charge in [-0.25, -0.2) is 0 Å². The van der Waals surface area contributed by atoms with Crippen molar-refractivity contribution in [2.24, 2.45) is 11.8 Å². The van der Waals surface area contributed by atoms with Crippen molar-refractivity contribution in [2.75, 3.05) is 13.2 Å². The third-order valence-corrected chi connectivity index (χ3v) is 6.70. The molecule has 0 saturated carbocycles. The molecule has 3 saturated heterocycles. The Morgan fingerprint density at radius 3 is 1.35 bits per heavy atom. The first-order chi connectivity index (χ1) is 15.7. The Morgan fingerprint density at radius 1 is 0.735 bits per heavy atom. The van der Waals surface area contributed by atoms with Crippen LogP contribution < -0.4 is 10.6 Å². The van der Waals surface area contributed by atoms with E-state index in [2.05, 4.69) is 10.6 Å². The Kier molecular flexibility index (Phi) is 7.34. The lowest BCUT2D eigenvalue weighted by Crippen LogP contribution is -2.65. The number of ether oxygens (including phenoxy) is 2. The van der Waals surface area contributed by atoms with Crippen LogP contribution in [-0.2, 0) is 28.7 Å². The Morgan fingerprint density at radius 2 is 1.06 bits per heavy atom. The molecular weight excluding hydrogens is 440 g/mol. The highest BCUT2D eigenvalue weighted by Gasteiger charge is 2.53. The molecule has 0 aromatic carbocycles. The van der Waals surface area contributed by atoms with E-state index >= 15 is 0 Å². The topological polar surface area (TPSA) is 117 Å². The molecule has 192 valence electrons. The summed E-state index contributed by atoms with van der Waals surface area (Å²) in [5.41, 5.74) is -2.07. The average molecular weight is 481 g/mol. The van der Waals surface area contributed by atoms with Gasteiger partial charge in [-0.1, -0.05) is 27.7 Å². The first-order valence-electron chi connectivity index (χ1n) is 12.2. The van der Waals surface area contributed by atoms with Crippen molar-refractivity contribution < 1.29 is 28.7 Å². The fourth-order valence-corrected chi connectivity index (χ4v) is 5.09. The molecule has 2 N–H and O–H groups in total. The third kappa shape index (κ3) is 5.07. The summed E-state index contributed by atoms with van der Waals surface area (Å²) in [5.74, 6) is -1.43. The molecule has 0 spiro atoms. The highest BCUT2D eigenvalue weighted by atomic mass is 16.5. The molecule has 3 fully saturated rings. The molecule has 0 bridgehead atoms. The van der Waals surface area contributed by atoms with Gasteiger partial charge in [-0.3, -0.25) is 29.0 Å². The van der Waals surface area contributed by atoms with Gasteiger partial charge in [0.15, 0.2) is 0 Å². The minimum absolute atomic E-state index is 0.0104. The molecule has 4 amide bonds. The molecule has 0 aromatic rings. The standard InChI is InChI=1S/C24H40N4O6/c1-13(2)9-15-21(31)27-18(12-33-23(27,5)6)20(30)26-16(10-14(3)4)22(32)28-17(19(29)25-15)11-34-24(28,7)8/h13-18H,9-12H2,1-8H3,(H,25,29)(H,26,30)/t15-,16-,17-,18-/m0/s1. The summed E-state index contributed by atoms with van der Waals surface area (Å²) in [5, 5.41) is 5.75. The number of carbonyl (C=O) groups excluding carboxylic acids is 4. The van der Waals surface area contributed by atoms with E-state index in [9.17, 15) is 19.2 Å². The maximum Gasteiger partial charge on any atom is 0.248 e. The van der Waals surface area contributed by atoms with Gasteiger partial charge < -0.3 is 20.1 Å². The SMILES string of the molecule is CC(C)C[C@@H]1NC(=O)[C@@H]2COC(C)(C)N2C(=O)[C@H](CC(C)C)NC(=O)[C@@H]2COC(C)(C)N2C1=O. The zero-order chi connectivity index (χ0) is 25.6. The quantitative estimate of drug-likeness (QED) is 0.620. The molecule has 0 radical (unpaired) electrons. The summed E-state index contributed by atoms with van der Waals surface area (Å²) >= 11 is 0. The number of amides is 4. The second-order valence-corrected chi connectivity index (χ2v) is 11.3. The van der Waals surface area contributed by atoms with Crippen LogP contribution in [0.1, 0.15) is 68.2 Å². The van der Waals surface area contributed by atoms with Gasteiger partial charge in [0.1, 0.15) is 35.6 Å². The Hall–Kier alpha value is -2.20. The smallest absolute Gasteiger partial charge is 0.248 e. The monoisotopic (exact) mass is 480 g/mol. The van der Waals surface area contributed by atoms with Gasteiger partial charge >= 0.3 is 0 Å². The normalized spacial score (nSPS) is 31.7. The number of hydrogen-bond donors (Lipinski definition) is 2. The summed E-state index contributed by atoms with van der Waals surface area (Å²) in [6, 6.07) is -3.55. The first kappa shape index (κ1) is 26.4. The third-order valence-electron chi connectivity index (χ3n) is 6.70. The number of nitrogens with one attached hydrogen (secondary N) is 2. The maximum atomic E-state index is 13.8. The van der Waals surface area contributed by atoms with Crippen LogP contribution in [0.5, 0.6) is 0 Å². The molecule has 10 heteroatoms. The van der Waals surface area contributed by atoms with Crippen LogP contribution in [0, 0.1) is 11.8 Å². The molecule has 0 unspecified atom stereocenters. The fraction of sp³-hybridized carbons (Fsp3) is 0.833. The van der Waals surface area contributed by atoms with Crippen molar-refractivity contribution in [1.29, 1.82) is 0 Å². The van der Waals surface area contributed by atoms with Gasteiger partial charge in [0.2, 0.25) is 23.6 Å². The van der Waals surface area contributed by atoms with Crippen LogP contribution in [0.25, 0.3) is 0 Å². The van der Waals surface area contributed by atoms with E-state index in [1.165, 1.54) is 9.80 Å². The average Bonchev–Trinajstić information content (AvgIpc) is 3.19. The van der Waals surface area contributed by atoms with Gasteiger partial charge in [0, 0.05) is 0 Å². The van der Waals surface area contributed by atoms with E-state index in [1.54, 1.807) is 27.7 Å². The number of hydrogen-bond acceptors (Lipinski definition) is 6. The van der Waals surface area contributed by atoms with Gasteiger partial charge in [-0.05, 0) is 52.4 Å². The first-order valence-corrected chi connectivity index (χ1v) is 12.2. The van der Waals surface area contributed by atoms with Crippen LogP contribution in [0.3, 0.4) is 0 Å². The van der Waals surface area contributed by atoms with Gasteiger partial charge in [0.25, 0.3) is 0 Å². The second kappa shape index (κ2) is 9.45. The number of nitrogens with zero attached hydrogens (tertiary/aromatic N) is 2. The van der Waals surface area contributed by atoms with Crippen molar-refractivity contribution in [1.82, 2.24) is 20.4 Å². The molecule has 0 aromatic heterocycles. The molecule has 4 atom stereocenters. The van der Waals surface area contributed by atoms with Gasteiger partial charge in [-0.2, -0.15) is 0 Å². The lowest BCUT2D eigenvalue weighted by Gasteiger charge is -2.40. The lowest BCUT2D eigenvalue weighted by molar-refractivity contribution is -0.158. The molecule has 0 aliphatic carbocycles. The van der Waals surface area contributed by atoms with Crippen molar-refractivity contribution in [3.63, 3.8) is 0 Å². The van der Waals surface area contributed by atoms with Gasteiger partial charge in [-0.15, -0.1) is 0 Å². The summed E-state index contributed by atoms with van der Waals surface area (Å²) < 4.78 is 11.7. The van der Waals surface area contributed by atoms with Crippen LogP contribution in [0.2, 0.25) is 0 Å².